The third-order valence-corrected chi connectivity index (χ3v) is 2.17. The molecule has 0 aromatic heterocycles. The van der Waals surface area contributed by atoms with E-state index in [0.717, 1.165) is 19.3 Å². The smallest absolute Gasteiger partial charge is 0.220 e. The molecular formula is C8H15NO2. The quantitative estimate of drug-likeness (QED) is 0.580. The van der Waals surface area contributed by atoms with Gasteiger partial charge in [-0.3, -0.25) is 4.79 Å². The number of amides is 1. The average molecular weight is 157 g/mol. The van der Waals surface area contributed by atoms with Crippen molar-refractivity contribution in [3.8, 4) is 0 Å². The van der Waals surface area contributed by atoms with Gasteiger partial charge in [0, 0.05) is 6.42 Å². The standard InChI is InChI=1S/C8H15NO2/c1-8(6-10)5-3-2-4-7(11)9-8/h10H,2-6H2,1H3,(H,9,11). The van der Waals surface area contributed by atoms with Crippen LogP contribution in [0.25, 0.3) is 0 Å². The van der Waals surface area contributed by atoms with Crippen LogP contribution in [-0.2, 0) is 4.79 Å². The molecule has 11 heavy (non-hydrogen) atoms. The molecule has 1 fully saturated rings. The summed E-state index contributed by atoms with van der Waals surface area (Å²) in [6.45, 7) is 1.93. The fourth-order valence-corrected chi connectivity index (χ4v) is 1.38. The Labute approximate surface area is 66.8 Å². The third kappa shape index (κ3) is 2.19. The molecule has 0 radical (unpaired) electrons. The lowest BCUT2D eigenvalue weighted by molar-refractivity contribution is -0.122. The van der Waals surface area contributed by atoms with E-state index in [9.17, 15) is 4.79 Å². The van der Waals surface area contributed by atoms with Crippen LogP contribution in [-0.4, -0.2) is 23.2 Å². The predicted molar refractivity (Wildman–Crippen MR) is 42.1 cm³/mol. The largest absolute Gasteiger partial charge is 0.394 e. The van der Waals surface area contributed by atoms with Crippen LogP contribution in [0.4, 0.5) is 0 Å². The summed E-state index contributed by atoms with van der Waals surface area (Å²) in [7, 11) is 0. The highest BCUT2D eigenvalue weighted by atomic mass is 16.3. The van der Waals surface area contributed by atoms with Crippen LogP contribution < -0.4 is 5.32 Å². The van der Waals surface area contributed by atoms with Crippen molar-refractivity contribution in [2.75, 3.05) is 6.61 Å². The van der Waals surface area contributed by atoms with Crippen molar-refractivity contribution in [1.29, 1.82) is 0 Å². The fraction of sp³-hybridized carbons (Fsp3) is 0.875. The average Bonchev–Trinajstić information content (AvgIpc) is 2.13. The Balaban J connectivity index is 2.58. The van der Waals surface area contributed by atoms with Crippen LogP contribution in [0.1, 0.15) is 32.6 Å². The molecule has 1 rings (SSSR count). The van der Waals surface area contributed by atoms with E-state index in [-0.39, 0.29) is 18.1 Å². The van der Waals surface area contributed by atoms with Crippen molar-refractivity contribution in [3.63, 3.8) is 0 Å². The molecule has 3 nitrogen and oxygen atoms in total. The maximum Gasteiger partial charge on any atom is 0.220 e. The zero-order valence-electron chi connectivity index (χ0n) is 6.89. The van der Waals surface area contributed by atoms with Crippen molar-refractivity contribution in [2.45, 2.75) is 38.1 Å². The van der Waals surface area contributed by atoms with Crippen molar-refractivity contribution in [2.24, 2.45) is 0 Å². The predicted octanol–water partition coefficient (Wildman–Crippen LogP) is 0.428. The number of rotatable bonds is 1. The number of nitrogens with one attached hydrogen (secondary N) is 1. The summed E-state index contributed by atoms with van der Waals surface area (Å²) in [6, 6.07) is 0. The van der Waals surface area contributed by atoms with Crippen molar-refractivity contribution >= 4 is 5.91 Å². The second-order valence-electron chi connectivity index (χ2n) is 3.47. The summed E-state index contributed by atoms with van der Waals surface area (Å²) < 4.78 is 0. The molecule has 0 saturated carbocycles. The van der Waals surface area contributed by atoms with Crippen LogP contribution in [0, 0.1) is 0 Å². The monoisotopic (exact) mass is 157 g/mol. The summed E-state index contributed by atoms with van der Waals surface area (Å²) in [5.74, 6) is 0.0686. The first-order valence-corrected chi connectivity index (χ1v) is 4.08. The first-order valence-electron chi connectivity index (χ1n) is 4.08. The van der Waals surface area contributed by atoms with Crippen LogP contribution in [0.15, 0.2) is 0 Å². The van der Waals surface area contributed by atoms with Gasteiger partial charge in [0.05, 0.1) is 12.1 Å². The molecule has 0 aliphatic carbocycles. The van der Waals surface area contributed by atoms with Gasteiger partial charge in [-0.05, 0) is 19.8 Å². The van der Waals surface area contributed by atoms with Gasteiger partial charge in [0.15, 0.2) is 0 Å². The minimum absolute atomic E-state index is 0.0404. The Kier molecular flexibility index (Phi) is 2.49. The molecule has 0 aromatic carbocycles. The second kappa shape index (κ2) is 3.22. The maximum atomic E-state index is 11.0. The number of aliphatic hydroxyl groups excluding tert-OH is 1. The molecular weight excluding hydrogens is 142 g/mol. The van der Waals surface area contributed by atoms with Gasteiger partial charge >= 0.3 is 0 Å². The van der Waals surface area contributed by atoms with Crippen molar-refractivity contribution in [3.05, 3.63) is 0 Å². The van der Waals surface area contributed by atoms with E-state index in [0.29, 0.717) is 6.42 Å². The van der Waals surface area contributed by atoms with Crippen LogP contribution >= 0.6 is 0 Å². The topological polar surface area (TPSA) is 49.3 Å². The molecule has 3 heteroatoms. The molecule has 64 valence electrons. The van der Waals surface area contributed by atoms with Crippen LogP contribution in [0.3, 0.4) is 0 Å². The second-order valence-corrected chi connectivity index (χ2v) is 3.47. The van der Waals surface area contributed by atoms with Gasteiger partial charge in [0.1, 0.15) is 0 Å². The normalized spacial score (nSPS) is 32.7. The van der Waals surface area contributed by atoms with Crippen molar-refractivity contribution < 1.29 is 9.90 Å². The Morgan fingerprint density at radius 1 is 1.64 bits per heavy atom. The summed E-state index contributed by atoms with van der Waals surface area (Å²) in [5.41, 5.74) is -0.367. The van der Waals surface area contributed by atoms with Crippen LogP contribution in [0.5, 0.6) is 0 Å². The number of aliphatic hydroxyl groups is 1. The van der Waals surface area contributed by atoms with Gasteiger partial charge in [-0.1, -0.05) is 6.42 Å². The van der Waals surface area contributed by atoms with Gasteiger partial charge < -0.3 is 10.4 Å². The SMILES string of the molecule is CC1(CO)CCCCC(=O)N1. The molecule has 0 aromatic rings. The van der Waals surface area contributed by atoms with Gasteiger partial charge in [0.25, 0.3) is 0 Å². The van der Waals surface area contributed by atoms with Crippen LogP contribution in [0.2, 0.25) is 0 Å². The third-order valence-electron chi connectivity index (χ3n) is 2.17. The molecule has 1 atom stereocenters. The minimum Gasteiger partial charge on any atom is -0.394 e. The fourth-order valence-electron chi connectivity index (χ4n) is 1.38. The molecule has 0 bridgehead atoms. The summed E-state index contributed by atoms with van der Waals surface area (Å²) >= 11 is 0. The molecule has 1 amide bonds. The lowest BCUT2D eigenvalue weighted by Gasteiger charge is -2.26. The summed E-state index contributed by atoms with van der Waals surface area (Å²) in [6.07, 6.45) is 3.46. The van der Waals surface area contributed by atoms with E-state index in [1.165, 1.54) is 0 Å². The Morgan fingerprint density at radius 3 is 3.00 bits per heavy atom. The molecule has 1 heterocycles. The van der Waals surface area contributed by atoms with E-state index in [2.05, 4.69) is 5.32 Å². The van der Waals surface area contributed by atoms with Gasteiger partial charge in [-0.2, -0.15) is 0 Å². The van der Waals surface area contributed by atoms with E-state index in [1.54, 1.807) is 0 Å². The molecule has 1 aliphatic rings. The number of carbonyl (C=O) groups excluding carboxylic acids is 1. The Morgan fingerprint density at radius 2 is 2.36 bits per heavy atom. The molecule has 1 saturated heterocycles. The van der Waals surface area contributed by atoms with E-state index >= 15 is 0 Å². The molecule has 2 N–H and O–H groups in total. The summed E-state index contributed by atoms with van der Waals surface area (Å²) in [4.78, 5) is 11.0. The van der Waals surface area contributed by atoms with Crippen molar-refractivity contribution in [1.82, 2.24) is 5.32 Å². The zero-order chi connectivity index (χ0) is 8.32. The molecule has 1 unspecified atom stereocenters. The Bertz CT molecular complexity index is 158. The highest BCUT2D eigenvalue weighted by molar-refractivity contribution is 5.77. The first kappa shape index (κ1) is 8.53. The summed E-state index contributed by atoms with van der Waals surface area (Å²) in [5, 5.41) is 11.8. The molecule has 0 spiro atoms. The van der Waals surface area contributed by atoms with Gasteiger partial charge in [-0.25, -0.2) is 0 Å². The highest BCUT2D eigenvalue weighted by Gasteiger charge is 2.26. The Hall–Kier alpha value is -0.570. The van der Waals surface area contributed by atoms with E-state index < -0.39 is 0 Å². The minimum atomic E-state index is -0.367. The van der Waals surface area contributed by atoms with Gasteiger partial charge in [0.2, 0.25) is 5.91 Å². The lowest BCUT2D eigenvalue weighted by atomic mass is 9.97. The number of carbonyl (C=O) groups is 1. The lowest BCUT2D eigenvalue weighted by Crippen LogP contribution is -2.47. The zero-order valence-corrected chi connectivity index (χ0v) is 6.89. The van der Waals surface area contributed by atoms with E-state index in [1.807, 2.05) is 6.92 Å². The van der Waals surface area contributed by atoms with Gasteiger partial charge in [-0.15, -0.1) is 0 Å². The number of hydrogen-bond donors (Lipinski definition) is 2. The molecule has 1 aliphatic heterocycles. The highest BCUT2D eigenvalue weighted by Crippen LogP contribution is 2.17. The maximum absolute atomic E-state index is 11.0. The number of hydrogen-bond acceptors (Lipinski definition) is 2. The van der Waals surface area contributed by atoms with E-state index in [4.69, 9.17) is 5.11 Å². The first-order chi connectivity index (χ1) is 5.16.